The zero-order valence-electron chi connectivity index (χ0n) is 10.3. The first-order valence-corrected chi connectivity index (χ1v) is 6.23. The Kier molecular flexibility index (Phi) is 5.53. The van der Waals surface area contributed by atoms with Gasteiger partial charge in [-0.1, -0.05) is 11.6 Å². The highest BCUT2D eigenvalue weighted by molar-refractivity contribution is 5.78. The lowest BCUT2D eigenvalue weighted by Gasteiger charge is -2.17. The molecule has 16 heavy (non-hydrogen) atoms. The van der Waals surface area contributed by atoms with Gasteiger partial charge in [-0.2, -0.15) is 0 Å². The van der Waals surface area contributed by atoms with E-state index in [1.54, 1.807) is 6.92 Å². The van der Waals surface area contributed by atoms with Crippen molar-refractivity contribution in [2.45, 2.75) is 64.5 Å². The molecule has 0 spiro atoms. The van der Waals surface area contributed by atoms with E-state index >= 15 is 0 Å². The van der Waals surface area contributed by atoms with Crippen molar-refractivity contribution < 1.29 is 9.90 Å². The molecular weight excluding hydrogens is 202 g/mol. The molecule has 0 aliphatic heterocycles. The van der Waals surface area contributed by atoms with Crippen LogP contribution >= 0.6 is 0 Å². The Hall–Kier alpha value is -0.830. The van der Waals surface area contributed by atoms with Crippen molar-refractivity contribution in [2.24, 2.45) is 0 Å². The van der Waals surface area contributed by atoms with Crippen molar-refractivity contribution in [2.75, 3.05) is 0 Å². The van der Waals surface area contributed by atoms with Gasteiger partial charge in [0.15, 0.2) is 0 Å². The van der Waals surface area contributed by atoms with E-state index in [2.05, 4.69) is 11.4 Å². The molecule has 0 saturated carbocycles. The van der Waals surface area contributed by atoms with E-state index < -0.39 is 0 Å². The van der Waals surface area contributed by atoms with Gasteiger partial charge in [0.05, 0.1) is 6.10 Å². The van der Waals surface area contributed by atoms with E-state index in [0.717, 1.165) is 12.8 Å². The van der Waals surface area contributed by atoms with Crippen LogP contribution in [0.5, 0.6) is 0 Å². The lowest BCUT2D eigenvalue weighted by molar-refractivity contribution is -0.121. The Balaban J connectivity index is 2.27. The van der Waals surface area contributed by atoms with Crippen LogP contribution < -0.4 is 5.32 Å². The van der Waals surface area contributed by atoms with Gasteiger partial charge in [-0.15, -0.1) is 0 Å². The Morgan fingerprint density at radius 2 is 2.25 bits per heavy atom. The molecule has 0 aromatic carbocycles. The summed E-state index contributed by atoms with van der Waals surface area (Å²) in [5, 5.41) is 12.1. The minimum Gasteiger partial charge on any atom is -0.393 e. The zero-order valence-corrected chi connectivity index (χ0v) is 10.3. The summed E-state index contributed by atoms with van der Waals surface area (Å²) in [5.74, 6) is 0.0845. The van der Waals surface area contributed by atoms with Gasteiger partial charge in [0.1, 0.15) is 0 Å². The number of aliphatic hydroxyl groups is 1. The molecule has 0 bridgehead atoms. The van der Waals surface area contributed by atoms with Crippen LogP contribution in [0.15, 0.2) is 11.6 Å². The van der Waals surface area contributed by atoms with Crippen LogP contribution in [0, 0.1) is 0 Å². The quantitative estimate of drug-likeness (QED) is 0.704. The molecule has 0 aromatic rings. The minimum atomic E-state index is -0.357. The summed E-state index contributed by atoms with van der Waals surface area (Å²) in [5.41, 5.74) is 1.27. The van der Waals surface area contributed by atoms with Gasteiger partial charge in [0, 0.05) is 12.5 Å². The number of carbonyl (C=O) groups is 1. The molecule has 92 valence electrons. The van der Waals surface area contributed by atoms with Crippen molar-refractivity contribution in [3.05, 3.63) is 11.6 Å². The molecule has 0 radical (unpaired) electrons. The third-order valence-electron chi connectivity index (χ3n) is 2.87. The fourth-order valence-electron chi connectivity index (χ4n) is 2.17. The highest BCUT2D eigenvalue weighted by atomic mass is 16.3. The number of amides is 1. The number of carbonyl (C=O) groups excluding carboxylic acids is 1. The van der Waals surface area contributed by atoms with Crippen molar-refractivity contribution in [3.8, 4) is 0 Å². The molecule has 0 heterocycles. The van der Waals surface area contributed by atoms with Crippen molar-refractivity contribution in [3.63, 3.8) is 0 Å². The number of aliphatic hydroxyl groups excluding tert-OH is 1. The van der Waals surface area contributed by atoms with Crippen molar-refractivity contribution in [1.82, 2.24) is 5.32 Å². The van der Waals surface area contributed by atoms with E-state index in [1.807, 2.05) is 6.92 Å². The highest BCUT2D eigenvalue weighted by Crippen LogP contribution is 2.19. The molecule has 2 atom stereocenters. The van der Waals surface area contributed by atoms with E-state index in [0.29, 0.717) is 12.8 Å². The average molecular weight is 225 g/mol. The van der Waals surface area contributed by atoms with Crippen LogP contribution in [0.2, 0.25) is 0 Å². The molecule has 1 aliphatic rings. The molecule has 3 heteroatoms. The summed E-state index contributed by atoms with van der Waals surface area (Å²) in [7, 11) is 0. The van der Waals surface area contributed by atoms with Gasteiger partial charge in [-0.3, -0.25) is 4.79 Å². The van der Waals surface area contributed by atoms with Crippen LogP contribution in [-0.4, -0.2) is 23.2 Å². The van der Waals surface area contributed by atoms with Crippen LogP contribution in [0.25, 0.3) is 0 Å². The van der Waals surface area contributed by atoms with E-state index in [4.69, 9.17) is 0 Å². The lowest BCUT2D eigenvalue weighted by atomic mass is 9.97. The monoisotopic (exact) mass is 225 g/mol. The van der Waals surface area contributed by atoms with Gasteiger partial charge in [0.2, 0.25) is 5.91 Å². The normalized spacial score (nSPS) is 19.8. The summed E-state index contributed by atoms with van der Waals surface area (Å²) >= 11 is 0. The van der Waals surface area contributed by atoms with E-state index in [9.17, 15) is 9.90 Å². The van der Waals surface area contributed by atoms with Gasteiger partial charge >= 0.3 is 0 Å². The maximum absolute atomic E-state index is 11.7. The molecule has 1 aliphatic carbocycles. The number of allylic oxidation sites excluding steroid dienone is 1. The Morgan fingerprint density at radius 3 is 2.81 bits per heavy atom. The largest absolute Gasteiger partial charge is 0.393 e. The second-order valence-corrected chi connectivity index (χ2v) is 4.84. The second kappa shape index (κ2) is 6.69. The Labute approximate surface area is 97.9 Å². The van der Waals surface area contributed by atoms with Crippen LogP contribution in [-0.2, 0) is 4.79 Å². The molecule has 1 amide bonds. The molecule has 3 nitrogen and oxygen atoms in total. The maximum atomic E-state index is 11.7. The third-order valence-corrected chi connectivity index (χ3v) is 2.87. The number of rotatable bonds is 5. The van der Waals surface area contributed by atoms with Crippen LogP contribution in [0.1, 0.15) is 52.4 Å². The SMILES string of the molecule is CC(O)CC(C)NC(=O)CC1=CCCCC1. The van der Waals surface area contributed by atoms with E-state index in [-0.39, 0.29) is 18.1 Å². The molecule has 0 saturated heterocycles. The minimum absolute atomic E-state index is 0.0525. The summed E-state index contributed by atoms with van der Waals surface area (Å²) in [6, 6.07) is 0.0525. The summed E-state index contributed by atoms with van der Waals surface area (Å²) in [6.45, 7) is 3.67. The van der Waals surface area contributed by atoms with Gasteiger partial charge < -0.3 is 10.4 Å². The molecule has 0 fully saturated rings. The van der Waals surface area contributed by atoms with E-state index in [1.165, 1.54) is 18.4 Å². The topological polar surface area (TPSA) is 49.3 Å². The standard InChI is InChI=1S/C13H23NO2/c1-10(8-11(2)15)14-13(16)9-12-6-4-3-5-7-12/h6,10-11,15H,3-5,7-9H2,1-2H3,(H,14,16). The molecule has 0 aromatic heterocycles. The predicted octanol–water partition coefficient (Wildman–Crippen LogP) is 2.15. The summed E-state index contributed by atoms with van der Waals surface area (Å²) in [6.07, 6.45) is 7.64. The number of nitrogens with one attached hydrogen (secondary N) is 1. The van der Waals surface area contributed by atoms with Crippen LogP contribution in [0.3, 0.4) is 0 Å². The second-order valence-electron chi connectivity index (χ2n) is 4.84. The van der Waals surface area contributed by atoms with Crippen molar-refractivity contribution in [1.29, 1.82) is 0 Å². The Morgan fingerprint density at radius 1 is 1.50 bits per heavy atom. The van der Waals surface area contributed by atoms with Gasteiger partial charge in [-0.25, -0.2) is 0 Å². The maximum Gasteiger partial charge on any atom is 0.224 e. The van der Waals surface area contributed by atoms with Crippen LogP contribution in [0.4, 0.5) is 0 Å². The first-order valence-electron chi connectivity index (χ1n) is 6.23. The first-order chi connectivity index (χ1) is 7.58. The fourth-order valence-corrected chi connectivity index (χ4v) is 2.17. The number of hydrogen-bond donors (Lipinski definition) is 2. The number of hydrogen-bond acceptors (Lipinski definition) is 2. The first kappa shape index (κ1) is 13.2. The predicted molar refractivity (Wildman–Crippen MR) is 65.1 cm³/mol. The molecular formula is C13H23NO2. The summed E-state index contributed by atoms with van der Waals surface area (Å²) in [4.78, 5) is 11.7. The molecule has 2 unspecified atom stereocenters. The molecule has 2 N–H and O–H groups in total. The Bertz CT molecular complexity index is 259. The lowest BCUT2D eigenvalue weighted by Crippen LogP contribution is -2.34. The molecule has 1 rings (SSSR count). The van der Waals surface area contributed by atoms with Gasteiger partial charge in [-0.05, 0) is 46.0 Å². The van der Waals surface area contributed by atoms with Gasteiger partial charge in [0.25, 0.3) is 0 Å². The third kappa shape index (κ3) is 5.31. The smallest absolute Gasteiger partial charge is 0.224 e. The highest BCUT2D eigenvalue weighted by Gasteiger charge is 2.12. The van der Waals surface area contributed by atoms with Crippen molar-refractivity contribution >= 4 is 5.91 Å². The fraction of sp³-hybridized carbons (Fsp3) is 0.769. The zero-order chi connectivity index (χ0) is 12.0. The summed E-state index contributed by atoms with van der Waals surface area (Å²) < 4.78 is 0. The average Bonchev–Trinajstić information content (AvgIpc) is 2.17.